The highest BCUT2D eigenvalue weighted by atomic mass is 32.3. The fourth-order valence-electron chi connectivity index (χ4n) is 1.36. The minimum Gasteiger partial charge on any atom is -0.759 e. The van der Waals surface area contributed by atoms with E-state index in [1.54, 1.807) is 0 Å². The summed E-state index contributed by atoms with van der Waals surface area (Å²) in [7, 11) is -5.17. The molecule has 0 saturated carbocycles. The largest absolute Gasteiger partial charge is 0.759 e. The lowest BCUT2D eigenvalue weighted by molar-refractivity contribution is -0.657. The van der Waals surface area contributed by atoms with Crippen molar-refractivity contribution < 1.29 is 28.2 Å². The van der Waals surface area contributed by atoms with Gasteiger partial charge in [0.25, 0.3) is 0 Å². The van der Waals surface area contributed by atoms with Gasteiger partial charge in [-0.2, -0.15) is 0 Å². The van der Waals surface area contributed by atoms with E-state index < -0.39 is 10.4 Å². The van der Waals surface area contributed by atoms with Crippen LogP contribution in [0.15, 0.2) is 0 Å². The van der Waals surface area contributed by atoms with Crippen LogP contribution in [0.4, 0.5) is 0 Å². The average Bonchev–Trinajstić information content (AvgIpc) is 2.32. The minimum absolute atomic E-state index is 1.19. The zero-order valence-corrected chi connectivity index (χ0v) is 10.7. The second kappa shape index (κ2) is 10.8. The van der Waals surface area contributed by atoms with Gasteiger partial charge in [0.15, 0.2) is 0 Å². The van der Waals surface area contributed by atoms with Gasteiger partial charge in [0.05, 0.1) is 26.2 Å². The Balaban J connectivity index is 0.000000228. The van der Waals surface area contributed by atoms with Crippen molar-refractivity contribution >= 4 is 10.4 Å². The van der Waals surface area contributed by atoms with Gasteiger partial charge in [-0.15, -0.1) is 0 Å². The highest BCUT2D eigenvalue weighted by Gasteiger charge is 1.96. The van der Waals surface area contributed by atoms with Crippen molar-refractivity contribution in [2.45, 2.75) is 0 Å². The first-order valence-electron chi connectivity index (χ1n) is 5.71. The molecule has 2 heterocycles. The van der Waals surface area contributed by atoms with Crippen LogP contribution >= 0.6 is 0 Å². The summed E-state index contributed by atoms with van der Waals surface area (Å²) in [5, 5.41) is 11.2. The zero-order chi connectivity index (χ0) is 13.0. The van der Waals surface area contributed by atoms with Gasteiger partial charge in [-0.25, -0.2) is 0 Å². The molecule has 0 spiro atoms. The fourth-order valence-corrected chi connectivity index (χ4v) is 1.36. The Morgan fingerprint density at radius 1 is 0.765 bits per heavy atom. The molecular formula is C8H22N4O4S. The summed E-state index contributed by atoms with van der Waals surface area (Å²) in [6, 6.07) is 0. The Morgan fingerprint density at radius 3 is 1.06 bits per heavy atom. The minimum atomic E-state index is -5.17. The van der Waals surface area contributed by atoms with Crippen molar-refractivity contribution in [2.24, 2.45) is 0 Å². The van der Waals surface area contributed by atoms with Crippen molar-refractivity contribution in [3.8, 4) is 0 Å². The first kappa shape index (κ1) is 16.7. The van der Waals surface area contributed by atoms with Crippen LogP contribution in [-0.2, 0) is 10.4 Å². The molecule has 2 aliphatic rings. The van der Waals surface area contributed by atoms with Crippen LogP contribution in [0.1, 0.15) is 0 Å². The Kier molecular flexibility index (Phi) is 10.7. The van der Waals surface area contributed by atoms with E-state index in [0.717, 1.165) is 0 Å². The number of piperazine rings is 2. The quantitative estimate of drug-likeness (QED) is 0.257. The molecule has 17 heavy (non-hydrogen) atoms. The van der Waals surface area contributed by atoms with Gasteiger partial charge in [0.1, 0.15) is 0 Å². The van der Waals surface area contributed by atoms with Crippen LogP contribution in [0.3, 0.4) is 0 Å². The summed E-state index contributed by atoms with van der Waals surface area (Å²) in [4.78, 5) is 0. The second-order valence-corrected chi connectivity index (χ2v) is 4.46. The van der Waals surface area contributed by atoms with E-state index in [1.807, 2.05) is 0 Å². The van der Waals surface area contributed by atoms with Crippen molar-refractivity contribution in [3.05, 3.63) is 0 Å². The topological polar surface area (TPSA) is 138 Å². The predicted octanol–water partition coefficient (Wildman–Crippen LogP) is -5.03. The van der Waals surface area contributed by atoms with Gasteiger partial charge >= 0.3 is 0 Å². The zero-order valence-electron chi connectivity index (χ0n) is 9.85. The summed E-state index contributed by atoms with van der Waals surface area (Å²) in [6.07, 6.45) is 0. The van der Waals surface area contributed by atoms with Crippen molar-refractivity contribution in [2.75, 3.05) is 52.4 Å². The summed E-state index contributed by atoms with van der Waals surface area (Å²) in [5.41, 5.74) is 0. The standard InChI is InChI=1S/2C4H10N2.H2O4S/c2*1-2-6-4-3-5-1;1-5(2,3)4/h2*5-6H,1-4H2;(H2,1,2,3,4). The molecule has 2 rings (SSSR count). The maximum Gasteiger partial charge on any atom is 0.0882 e. The van der Waals surface area contributed by atoms with Crippen LogP contribution in [0.25, 0.3) is 0 Å². The maximum absolute atomic E-state index is 8.52. The SMILES string of the molecule is C1C[NH2+]CCN1.C1C[NH2+]CCN1.O=S(=O)([O-])[O-]. The van der Waals surface area contributed by atoms with Gasteiger partial charge < -0.3 is 30.4 Å². The molecule has 0 aliphatic carbocycles. The molecule has 0 aromatic rings. The Hall–Kier alpha value is -0.290. The molecule has 0 bridgehead atoms. The third-order valence-electron chi connectivity index (χ3n) is 2.10. The number of rotatable bonds is 0. The molecular weight excluding hydrogens is 248 g/mol. The third kappa shape index (κ3) is 21.5. The number of hydrogen-bond donors (Lipinski definition) is 4. The molecule has 0 aromatic carbocycles. The highest BCUT2D eigenvalue weighted by Crippen LogP contribution is 1.57. The number of nitrogens with two attached hydrogens (primary N) is 2. The smallest absolute Gasteiger partial charge is 0.0882 e. The second-order valence-electron chi connectivity index (χ2n) is 3.64. The van der Waals surface area contributed by atoms with Crippen LogP contribution in [-0.4, -0.2) is 69.9 Å². The Morgan fingerprint density at radius 2 is 1.00 bits per heavy atom. The van der Waals surface area contributed by atoms with Gasteiger partial charge in [-0.05, 0) is 0 Å². The lowest BCUT2D eigenvalue weighted by atomic mass is 10.4. The molecule has 0 aromatic heterocycles. The van der Waals surface area contributed by atoms with Gasteiger partial charge in [-0.1, -0.05) is 0 Å². The van der Waals surface area contributed by atoms with E-state index in [4.69, 9.17) is 17.5 Å². The monoisotopic (exact) mass is 270 g/mol. The molecule has 6 N–H and O–H groups in total. The molecule has 2 aliphatic heterocycles. The van der Waals surface area contributed by atoms with Crippen LogP contribution in [0.5, 0.6) is 0 Å². The molecule has 2 fully saturated rings. The van der Waals surface area contributed by atoms with E-state index in [0.29, 0.717) is 0 Å². The van der Waals surface area contributed by atoms with E-state index in [-0.39, 0.29) is 0 Å². The van der Waals surface area contributed by atoms with Gasteiger partial charge in [-0.3, -0.25) is 8.42 Å². The van der Waals surface area contributed by atoms with E-state index in [2.05, 4.69) is 21.3 Å². The molecule has 0 unspecified atom stereocenters. The summed E-state index contributed by atoms with van der Waals surface area (Å²) >= 11 is 0. The van der Waals surface area contributed by atoms with Crippen LogP contribution in [0, 0.1) is 0 Å². The van der Waals surface area contributed by atoms with E-state index >= 15 is 0 Å². The summed E-state index contributed by atoms with van der Waals surface area (Å²) in [5.74, 6) is 0. The van der Waals surface area contributed by atoms with Crippen LogP contribution in [0.2, 0.25) is 0 Å². The maximum atomic E-state index is 8.52. The number of quaternary nitrogens is 2. The highest BCUT2D eigenvalue weighted by molar-refractivity contribution is 7.79. The molecule has 9 heteroatoms. The number of nitrogens with one attached hydrogen (secondary N) is 2. The van der Waals surface area contributed by atoms with E-state index in [1.165, 1.54) is 52.4 Å². The molecule has 0 radical (unpaired) electrons. The normalized spacial score (nSPS) is 20.4. The lowest BCUT2D eigenvalue weighted by Crippen LogP contribution is -2.89. The summed E-state index contributed by atoms with van der Waals surface area (Å²) in [6.45, 7) is 9.83. The van der Waals surface area contributed by atoms with Crippen LogP contribution < -0.4 is 21.3 Å². The van der Waals surface area contributed by atoms with Gasteiger partial charge in [0.2, 0.25) is 0 Å². The Labute approximate surface area is 102 Å². The molecule has 0 atom stereocenters. The fraction of sp³-hybridized carbons (Fsp3) is 1.00. The van der Waals surface area contributed by atoms with Crippen molar-refractivity contribution in [1.29, 1.82) is 0 Å². The summed E-state index contributed by atoms with van der Waals surface area (Å²) < 4.78 is 34.1. The Bertz CT molecular complexity index is 209. The van der Waals surface area contributed by atoms with Crippen molar-refractivity contribution in [3.63, 3.8) is 0 Å². The van der Waals surface area contributed by atoms with E-state index in [9.17, 15) is 0 Å². The first-order valence-corrected chi connectivity index (χ1v) is 7.05. The van der Waals surface area contributed by atoms with Gasteiger partial charge in [0, 0.05) is 36.6 Å². The predicted molar refractivity (Wildman–Crippen MR) is 59.5 cm³/mol. The first-order chi connectivity index (χ1) is 8.00. The molecule has 2 saturated heterocycles. The number of hydrogen-bond acceptors (Lipinski definition) is 6. The molecule has 104 valence electrons. The lowest BCUT2D eigenvalue weighted by Gasteiger charge is -2.07. The third-order valence-corrected chi connectivity index (χ3v) is 2.10. The van der Waals surface area contributed by atoms with Crippen molar-refractivity contribution in [1.82, 2.24) is 10.6 Å². The average molecular weight is 270 g/mol. The molecule has 0 amide bonds. The molecule has 8 nitrogen and oxygen atoms in total.